The van der Waals surface area contributed by atoms with Crippen molar-refractivity contribution in [3.05, 3.63) is 65.2 Å². The Balaban J connectivity index is 1.27. The Bertz CT molecular complexity index is 813. The number of aryl methyl sites for hydroxylation is 1. The standard InChI is InChI=1S/C25H32N2O2/c1-29-23-10-11-24-21(18-23)8-5-9-22(24)19-25(28)27-16-14-26(15-17-27)13-12-20-6-3-2-4-7-20/h2-4,6-7,10-11,18,22H,5,8-9,12-17,19H2,1H3. The van der Waals surface area contributed by atoms with Crippen molar-refractivity contribution in [2.45, 2.75) is 38.0 Å². The molecule has 0 saturated carbocycles. The summed E-state index contributed by atoms with van der Waals surface area (Å²) in [5.41, 5.74) is 4.10. The van der Waals surface area contributed by atoms with E-state index >= 15 is 0 Å². The topological polar surface area (TPSA) is 32.8 Å². The van der Waals surface area contributed by atoms with Gasteiger partial charge in [0.2, 0.25) is 5.91 Å². The fourth-order valence-corrected chi connectivity index (χ4v) is 4.72. The molecule has 1 unspecified atom stereocenters. The van der Waals surface area contributed by atoms with E-state index in [0.717, 1.165) is 64.2 Å². The molecule has 2 aromatic rings. The number of amides is 1. The number of methoxy groups -OCH3 is 1. The zero-order valence-electron chi connectivity index (χ0n) is 17.5. The van der Waals surface area contributed by atoms with E-state index in [9.17, 15) is 4.79 Å². The monoisotopic (exact) mass is 392 g/mol. The van der Waals surface area contributed by atoms with Gasteiger partial charge in [0.1, 0.15) is 5.75 Å². The van der Waals surface area contributed by atoms with E-state index in [1.807, 2.05) is 6.07 Å². The number of carbonyl (C=O) groups excluding carboxylic acids is 1. The van der Waals surface area contributed by atoms with Crippen molar-refractivity contribution in [3.63, 3.8) is 0 Å². The molecule has 1 aliphatic heterocycles. The molecule has 4 rings (SSSR count). The molecule has 1 atom stereocenters. The molecule has 1 amide bonds. The van der Waals surface area contributed by atoms with Crippen molar-refractivity contribution in [2.24, 2.45) is 0 Å². The van der Waals surface area contributed by atoms with Crippen LogP contribution in [0.25, 0.3) is 0 Å². The molecule has 4 heteroatoms. The van der Waals surface area contributed by atoms with E-state index in [1.54, 1.807) is 7.11 Å². The van der Waals surface area contributed by atoms with Crippen molar-refractivity contribution >= 4 is 5.91 Å². The quantitative estimate of drug-likeness (QED) is 0.748. The van der Waals surface area contributed by atoms with Crippen LogP contribution in [0.4, 0.5) is 0 Å². The first-order chi connectivity index (χ1) is 14.2. The smallest absolute Gasteiger partial charge is 0.223 e. The average molecular weight is 393 g/mol. The molecular formula is C25H32N2O2. The summed E-state index contributed by atoms with van der Waals surface area (Å²) in [4.78, 5) is 17.5. The highest BCUT2D eigenvalue weighted by Gasteiger charge is 2.27. The lowest BCUT2D eigenvalue weighted by atomic mass is 9.80. The van der Waals surface area contributed by atoms with Crippen molar-refractivity contribution in [2.75, 3.05) is 39.8 Å². The van der Waals surface area contributed by atoms with Crippen LogP contribution in [0.2, 0.25) is 0 Å². The van der Waals surface area contributed by atoms with Crippen molar-refractivity contribution in [3.8, 4) is 5.75 Å². The van der Waals surface area contributed by atoms with E-state index in [2.05, 4.69) is 52.3 Å². The van der Waals surface area contributed by atoms with E-state index < -0.39 is 0 Å². The van der Waals surface area contributed by atoms with Gasteiger partial charge in [0.25, 0.3) is 0 Å². The van der Waals surface area contributed by atoms with E-state index in [1.165, 1.54) is 16.7 Å². The van der Waals surface area contributed by atoms with Crippen LogP contribution in [-0.4, -0.2) is 55.5 Å². The number of hydrogen-bond donors (Lipinski definition) is 0. The number of ether oxygens (including phenoxy) is 1. The third-order valence-corrected chi connectivity index (χ3v) is 6.49. The second kappa shape index (κ2) is 9.45. The average Bonchev–Trinajstić information content (AvgIpc) is 2.78. The number of piperazine rings is 1. The molecule has 1 heterocycles. The maximum Gasteiger partial charge on any atom is 0.223 e. The van der Waals surface area contributed by atoms with Gasteiger partial charge in [0.05, 0.1) is 7.11 Å². The molecule has 0 bridgehead atoms. The van der Waals surface area contributed by atoms with Crippen LogP contribution in [0.5, 0.6) is 5.75 Å². The third-order valence-electron chi connectivity index (χ3n) is 6.49. The molecule has 0 N–H and O–H groups in total. The van der Waals surface area contributed by atoms with Gasteiger partial charge in [-0.3, -0.25) is 9.69 Å². The lowest BCUT2D eigenvalue weighted by molar-refractivity contribution is -0.133. The number of nitrogens with zero attached hydrogens (tertiary/aromatic N) is 2. The fraction of sp³-hybridized carbons (Fsp3) is 0.480. The molecule has 2 aromatic carbocycles. The van der Waals surface area contributed by atoms with Gasteiger partial charge in [-0.2, -0.15) is 0 Å². The van der Waals surface area contributed by atoms with Crippen molar-refractivity contribution < 1.29 is 9.53 Å². The summed E-state index contributed by atoms with van der Waals surface area (Å²) in [5, 5.41) is 0. The molecule has 0 aromatic heterocycles. The van der Waals surface area contributed by atoms with E-state index in [4.69, 9.17) is 4.74 Å². The lowest BCUT2D eigenvalue weighted by Crippen LogP contribution is -2.49. The Hall–Kier alpha value is -2.33. The molecular weight excluding hydrogens is 360 g/mol. The third kappa shape index (κ3) is 4.99. The fourth-order valence-electron chi connectivity index (χ4n) is 4.72. The van der Waals surface area contributed by atoms with Crippen molar-refractivity contribution in [1.82, 2.24) is 9.80 Å². The normalized spacial score (nSPS) is 19.6. The van der Waals surface area contributed by atoms with Gasteiger partial charge in [0.15, 0.2) is 0 Å². The molecule has 0 spiro atoms. The summed E-state index contributed by atoms with van der Waals surface area (Å²) in [7, 11) is 1.71. The molecule has 2 aliphatic rings. The summed E-state index contributed by atoms with van der Waals surface area (Å²) in [6.07, 6.45) is 5.09. The maximum atomic E-state index is 13.0. The summed E-state index contributed by atoms with van der Waals surface area (Å²) < 4.78 is 5.37. The first kappa shape index (κ1) is 20.0. The first-order valence-electron chi connectivity index (χ1n) is 10.9. The largest absolute Gasteiger partial charge is 0.497 e. The number of rotatable bonds is 6. The van der Waals surface area contributed by atoms with Gasteiger partial charge in [-0.25, -0.2) is 0 Å². The van der Waals surface area contributed by atoms with Crippen LogP contribution in [0, 0.1) is 0 Å². The minimum Gasteiger partial charge on any atom is -0.497 e. The minimum absolute atomic E-state index is 0.321. The van der Waals surface area contributed by atoms with Crippen LogP contribution >= 0.6 is 0 Å². The highest BCUT2D eigenvalue weighted by Crippen LogP contribution is 2.36. The Kier molecular flexibility index (Phi) is 6.50. The molecule has 1 saturated heterocycles. The van der Waals surface area contributed by atoms with Crippen LogP contribution in [0.3, 0.4) is 0 Å². The summed E-state index contributed by atoms with van der Waals surface area (Å²) in [6, 6.07) is 17.0. The molecule has 154 valence electrons. The van der Waals surface area contributed by atoms with E-state index in [0.29, 0.717) is 18.2 Å². The second-order valence-electron chi connectivity index (χ2n) is 8.32. The predicted molar refractivity (Wildman–Crippen MR) is 116 cm³/mol. The Morgan fingerprint density at radius 1 is 1.07 bits per heavy atom. The number of benzene rings is 2. The highest BCUT2D eigenvalue weighted by molar-refractivity contribution is 5.77. The number of carbonyl (C=O) groups is 1. The molecule has 29 heavy (non-hydrogen) atoms. The molecule has 0 radical (unpaired) electrons. The molecule has 4 nitrogen and oxygen atoms in total. The second-order valence-corrected chi connectivity index (χ2v) is 8.32. The van der Waals surface area contributed by atoms with Crippen LogP contribution in [-0.2, 0) is 17.6 Å². The Morgan fingerprint density at radius 2 is 1.86 bits per heavy atom. The van der Waals surface area contributed by atoms with Gasteiger partial charge in [-0.15, -0.1) is 0 Å². The maximum absolute atomic E-state index is 13.0. The van der Waals surface area contributed by atoms with Gasteiger partial charge in [-0.05, 0) is 60.4 Å². The summed E-state index contributed by atoms with van der Waals surface area (Å²) >= 11 is 0. The van der Waals surface area contributed by atoms with Gasteiger partial charge in [0, 0.05) is 39.1 Å². The van der Waals surface area contributed by atoms with E-state index in [-0.39, 0.29) is 0 Å². The molecule has 1 aliphatic carbocycles. The SMILES string of the molecule is COc1ccc2c(c1)CCCC2CC(=O)N1CCN(CCc2ccccc2)CC1. The predicted octanol–water partition coefficient (Wildman–Crippen LogP) is 3.89. The van der Waals surface area contributed by atoms with Crippen molar-refractivity contribution in [1.29, 1.82) is 0 Å². The Morgan fingerprint density at radius 3 is 2.62 bits per heavy atom. The summed E-state index contributed by atoms with van der Waals surface area (Å²) in [6.45, 7) is 4.75. The number of fused-ring (bicyclic) bond motifs is 1. The van der Waals surface area contributed by atoms with Gasteiger partial charge < -0.3 is 9.64 Å². The Labute approximate surface area is 174 Å². The van der Waals surface area contributed by atoms with Crippen LogP contribution in [0.1, 0.15) is 41.9 Å². The molecule has 1 fully saturated rings. The first-order valence-corrected chi connectivity index (χ1v) is 10.9. The van der Waals surface area contributed by atoms with Crippen LogP contribution < -0.4 is 4.74 Å². The minimum atomic E-state index is 0.321. The van der Waals surface area contributed by atoms with Crippen LogP contribution in [0.15, 0.2) is 48.5 Å². The zero-order chi connectivity index (χ0) is 20.1. The van der Waals surface area contributed by atoms with Gasteiger partial charge in [-0.1, -0.05) is 36.4 Å². The highest BCUT2D eigenvalue weighted by atomic mass is 16.5. The number of hydrogen-bond acceptors (Lipinski definition) is 3. The van der Waals surface area contributed by atoms with Gasteiger partial charge >= 0.3 is 0 Å². The zero-order valence-corrected chi connectivity index (χ0v) is 17.5. The summed E-state index contributed by atoms with van der Waals surface area (Å²) in [5.74, 6) is 1.59. The lowest BCUT2D eigenvalue weighted by Gasteiger charge is -2.36.